The van der Waals surface area contributed by atoms with Gasteiger partial charge in [-0.2, -0.15) is 0 Å². The lowest BCUT2D eigenvalue weighted by Gasteiger charge is -2.29. The molecule has 1 aromatic rings. The molecule has 0 radical (unpaired) electrons. The Morgan fingerprint density at radius 3 is 2.67 bits per heavy atom. The highest BCUT2D eigenvalue weighted by atomic mass is 35.5. The van der Waals surface area contributed by atoms with E-state index in [-0.39, 0.29) is 24.1 Å². The van der Waals surface area contributed by atoms with Crippen molar-refractivity contribution in [1.29, 1.82) is 0 Å². The Hall–Kier alpha value is -1.17. The molecule has 1 saturated heterocycles. The van der Waals surface area contributed by atoms with Gasteiger partial charge >= 0.3 is 0 Å². The minimum atomic E-state index is -0.182. The van der Waals surface area contributed by atoms with Crippen LogP contribution in [0.25, 0.3) is 0 Å². The number of halogens is 2. The van der Waals surface area contributed by atoms with Gasteiger partial charge in [0.05, 0.1) is 0 Å². The van der Waals surface area contributed by atoms with Crippen molar-refractivity contribution in [3.63, 3.8) is 0 Å². The second-order valence-electron chi connectivity index (χ2n) is 6.10. The van der Waals surface area contributed by atoms with Crippen LogP contribution >= 0.6 is 12.4 Å². The number of piperazine rings is 1. The first kappa shape index (κ1) is 20.9. The molecule has 6 heteroatoms. The van der Waals surface area contributed by atoms with Gasteiger partial charge in [0.25, 0.3) is 0 Å². The normalized spacial score (nSPS) is 14.5. The predicted molar refractivity (Wildman–Crippen MR) is 98.1 cm³/mol. The third-order valence-electron chi connectivity index (χ3n) is 4.26. The third kappa shape index (κ3) is 7.16. The van der Waals surface area contributed by atoms with E-state index in [2.05, 4.69) is 17.1 Å². The molecule has 0 unspecified atom stereocenters. The molecular formula is C18H29ClFN3O. The maximum Gasteiger partial charge on any atom is 0.223 e. The van der Waals surface area contributed by atoms with Crippen molar-refractivity contribution in [3.05, 3.63) is 35.6 Å². The molecule has 1 aliphatic rings. The monoisotopic (exact) mass is 357 g/mol. The van der Waals surface area contributed by atoms with Gasteiger partial charge in [0.2, 0.25) is 5.91 Å². The molecular weight excluding hydrogens is 329 g/mol. The number of nitrogens with zero attached hydrogens (tertiary/aromatic N) is 2. The molecule has 1 aromatic carbocycles. The van der Waals surface area contributed by atoms with Crippen molar-refractivity contribution in [2.75, 3.05) is 45.8 Å². The third-order valence-corrected chi connectivity index (χ3v) is 4.26. The molecule has 0 bridgehead atoms. The van der Waals surface area contributed by atoms with E-state index in [9.17, 15) is 9.18 Å². The number of rotatable bonds is 8. The van der Waals surface area contributed by atoms with Crippen molar-refractivity contribution < 1.29 is 9.18 Å². The molecule has 1 aliphatic heterocycles. The number of amides is 1. The summed E-state index contributed by atoms with van der Waals surface area (Å²) in [5.74, 6) is 0.0665. The summed E-state index contributed by atoms with van der Waals surface area (Å²) in [6.07, 6.45) is 2.45. The van der Waals surface area contributed by atoms with Crippen LogP contribution in [-0.4, -0.2) is 61.5 Å². The predicted octanol–water partition coefficient (Wildman–Crippen LogP) is 2.32. The van der Waals surface area contributed by atoms with Crippen LogP contribution in [0, 0.1) is 5.82 Å². The first-order valence-corrected chi connectivity index (χ1v) is 8.64. The van der Waals surface area contributed by atoms with E-state index in [0.29, 0.717) is 6.42 Å². The second kappa shape index (κ2) is 11.4. The van der Waals surface area contributed by atoms with E-state index in [0.717, 1.165) is 64.2 Å². The van der Waals surface area contributed by atoms with Crippen molar-refractivity contribution in [3.8, 4) is 0 Å². The van der Waals surface area contributed by atoms with Gasteiger partial charge in [0, 0.05) is 45.7 Å². The Bertz CT molecular complexity index is 495. The molecule has 0 aliphatic carbocycles. The maximum atomic E-state index is 13.2. The van der Waals surface area contributed by atoms with Crippen LogP contribution < -0.4 is 5.32 Å². The zero-order valence-electron chi connectivity index (χ0n) is 14.5. The Labute approximate surface area is 150 Å². The van der Waals surface area contributed by atoms with E-state index in [1.54, 1.807) is 12.1 Å². The molecule has 0 saturated carbocycles. The molecule has 1 N–H and O–H groups in total. The summed E-state index contributed by atoms with van der Waals surface area (Å²) < 4.78 is 13.2. The van der Waals surface area contributed by atoms with Crippen molar-refractivity contribution >= 4 is 18.3 Å². The van der Waals surface area contributed by atoms with Gasteiger partial charge in [0.1, 0.15) is 5.82 Å². The lowest BCUT2D eigenvalue weighted by molar-refractivity contribution is -0.132. The molecule has 1 amide bonds. The Balaban J connectivity index is 0.00000288. The Morgan fingerprint density at radius 1 is 1.25 bits per heavy atom. The van der Waals surface area contributed by atoms with Crippen LogP contribution in [0.1, 0.15) is 25.3 Å². The zero-order chi connectivity index (χ0) is 16.5. The smallest absolute Gasteiger partial charge is 0.223 e. The fourth-order valence-electron chi connectivity index (χ4n) is 2.96. The fourth-order valence-corrected chi connectivity index (χ4v) is 2.96. The summed E-state index contributed by atoms with van der Waals surface area (Å²) in [6, 6.07) is 6.78. The topological polar surface area (TPSA) is 35.6 Å². The minimum absolute atomic E-state index is 0. The number of hydrogen-bond acceptors (Lipinski definition) is 3. The van der Waals surface area contributed by atoms with Crippen LogP contribution in [0.4, 0.5) is 4.39 Å². The number of nitrogens with one attached hydrogen (secondary N) is 1. The van der Waals surface area contributed by atoms with Crippen LogP contribution in [-0.2, 0) is 11.2 Å². The zero-order valence-corrected chi connectivity index (χ0v) is 15.3. The highest BCUT2D eigenvalue weighted by molar-refractivity contribution is 5.85. The number of hydrogen-bond donors (Lipinski definition) is 1. The van der Waals surface area contributed by atoms with Crippen molar-refractivity contribution in [2.45, 2.75) is 26.2 Å². The van der Waals surface area contributed by atoms with Gasteiger partial charge in [-0.15, -0.1) is 12.4 Å². The number of carbonyl (C=O) groups excluding carboxylic acids is 1. The lowest BCUT2D eigenvalue weighted by Crippen LogP contribution is -2.47. The highest BCUT2D eigenvalue weighted by Gasteiger charge is 2.16. The van der Waals surface area contributed by atoms with Crippen LogP contribution in [0.3, 0.4) is 0 Å². The van der Waals surface area contributed by atoms with Crippen molar-refractivity contribution in [1.82, 2.24) is 15.1 Å². The van der Waals surface area contributed by atoms with Gasteiger partial charge in [-0.1, -0.05) is 19.1 Å². The van der Waals surface area contributed by atoms with Crippen LogP contribution in [0.15, 0.2) is 24.3 Å². The molecule has 1 heterocycles. The second-order valence-corrected chi connectivity index (χ2v) is 6.10. The molecule has 0 aromatic heterocycles. The van der Waals surface area contributed by atoms with Gasteiger partial charge < -0.3 is 15.1 Å². The Morgan fingerprint density at radius 2 is 2.00 bits per heavy atom. The lowest BCUT2D eigenvalue weighted by atomic mass is 10.1. The van der Waals surface area contributed by atoms with Crippen molar-refractivity contribution in [2.24, 2.45) is 0 Å². The molecule has 2 rings (SSSR count). The highest BCUT2D eigenvalue weighted by Crippen LogP contribution is 2.07. The van der Waals surface area contributed by atoms with Gasteiger partial charge in [-0.25, -0.2) is 4.39 Å². The summed E-state index contributed by atoms with van der Waals surface area (Å²) in [7, 11) is 0. The summed E-state index contributed by atoms with van der Waals surface area (Å²) >= 11 is 0. The molecule has 4 nitrogen and oxygen atoms in total. The fraction of sp³-hybridized carbons (Fsp3) is 0.611. The summed E-state index contributed by atoms with van der Waals surface area (Å²) in [5, 5.41) is 3.26. The summed E-state index contributed by atoms with van der Waals surface area (Å²) in [5.41, 5.74) is 1.01. The van der Waals surface area contributed by atoms with Gasteiger partial charge in [0.15, 0.2) is 0 Å². The van der Waals surface area contributed by atoms with E-state index in [1.807, 2.05) is 11.0 Å². The van der Waals surface area contributed by atoms with E-state index < -0.39 is 0 Å². The average molecular weight is 358 g/mol. The minimum Gasteiger partial charge on any atom is -0.340 e. The Kier molecular flexibility index (Phi) is 9.91. The number of carbonyl (C=O) groups is 1. The average Bonchev–Trinajstić information content (AvgIpc) is 2.58. The molecule has 0 atom stereocenters. The van der Waals surface area contributed by atoms with E-state index in [1.165, 1.54) is 6.07 Å². The molecule has 0 spiro atoms. The SMILES string of the molecule is CCCN(CCC(=O)N1CCNCC1)CCc1cccc(F)c1.Cl. The molecule has 136 valence electrons. The standard InChI is InChI=1S/C18H28FN3O.ClH/c1-2-10-21(11-6-16-4-3-5-17(19)15-16)12-7-18(23)22-13-8-20-9-14-22;/h3-5,15,20H,2,6-14H2,1H3;1H. The molecule has 24 heavy (non-hydrogen) atoms. The molecule has 1 fully saturated rings. The summed E-state index contributed by atoms with van der Waals surface area (Å²) in [6.45, 7) is 8.19. The van der Waals surface area contributed by atoms with Gasteiger partial charge in [-0.3, -0.25) is 4.79 Å². The quantitative estimate of drug-likeness (QED) is 0.775. The summed E-state index contributed by atoms with van der Waals surface area (Å²) in [4.78, 5) is 16.5. The number of benzene rings is 1. The van der Waals surface area contributed by atoms with Gasteiger partial charge in [-0.05, 0) is 37.1 Å². The maximum absolute atomic E-state index is 13.2. The van der Waals surface area contributed by atoms with Crippen LogP contribution in [0.5, 0.6) is 0 Å². The van der Waals surface area contributed by atoms with E-state index >= 15 is 0 Å². The largest absolute Gasteiger partial charge is 0.340 e. The van der Waals surface area contributed by atoms with Crippen LogP contribution in [0.2, 0.25) is 0 Å². The first-order chi connectivity index (χ1) is 11.2. The first-order valence-electron chi connectivity index (χ1n) is 8.64. The van der Waals surface area contributed by atoms with E-state index in [4.69, 9.17) is 0 Å².